The predicted octanol–water partition coefficient (Wildman–Crippen LogP) is 1.74. The van der Waals surface area contributed by atoms with Crippen LogP contribution in [0.25, 0.3) is 10.9 Å². The van der Waals surface area contributed by atoms with Crippen LogP contribution in [0.15, 0.2) is 9.59 Å². The number of ether oxygens (including phenoxy) is 1. The Balaban J connectivity index is 2.51. The van der Waals surface area contributed by atoms with E-state index in [1.54, 1.807) is 4.98 Å². The first-order valence-corrected chi connectivity index (χ1v) is 5.77. The zero-order valence-electron chi connectivity index (χ0n) is 9.98. The van der Waals surface area contributed by atoms with Gasteiger partial charge >= 0.3 is 11.9 Å². The average molecular weight is 328 g/mol. The minimum Gasteiger partial charge on any atom is -0.477 e. The van der Waals surface area contributed by atoms with Crippen LogP contribution in [0.2, 0.25) is 5.15 Å². The summed E-state index contributed by atoms with van der Waals surface area (Å²) in [4.78, 5) is 29.8. The molecule has 6 nitrogen and oxygen atoms in total. The third-order valence-corrected chi connectivity index (χ3v) is 2.63. The number of alkyl halides is 3. The van der Waals surface area contributed by atoms with Gasteiger partial charge in [0.25, 0.3) is 5.56 Å². The van der Waals surface area contributed by atoms with Crippen molar-refractivity contribution < 1.29 is 22.3 Å². The second-order valence-corrected chi connectivity index (χ2v) is 4.25. The molecule has 2 rings (SSSR count). The molecule has 0 atom stereocenters. The smallest absolute Gasteiger partial charge is 0.392 e. The largest absolute Gasteiger partial charge is 0.477 e. The van der Waals surface area contributed by atoms with Crippen molar-refractivity contribution in [1.29, 1.82) is 0 Å². The van der Waals surface area contributed by atoms with Gasteiger partial charge in [-0.1, -0.05) is 11.6 Å². The maximum atomic E-state index is 13.7. The van der Waals surface area contributed by atoms with Gasteiger partial charge in [-0.05, 0) is 0 Å². The van der Waals surface area contributed by atoms with Gasteiger partial charge in [0, 0.05) is 0 Å². The Hall–Kier alpha value is -2.10. The monoisotopic (exact) mass is 327 g/mol. The molecule has 0 saturated heterocycles. The van der Waals surface area contributed by atoms with E-state index in [1.165, 1.54) is 0 Å². The van der Waals surface area contributed by atoms with Crippen molar-refractivity contribution >= 4 is 22.5 Å². The molecule has 0 aliphatic rings. The van der Waals surface area contributed by atoms with E-state index in [0.29, 0.717) is 0 Å². The lowest BCUT2D eigenvalue weighted by atomic mass is 10.3. The Morgan fingerprint density at radius 1 is 1.24 bits per heavy atom. The van der Waals surface area contributed by atoms with Crippen LogP contribution < -0.4 is 16.0 Å². The molecule has 2 heterocycles. The third kappa shape index (κ3) is 3.32. The predicted molar refractivity (Wildman–Crippen MR) is 64.1 cm³/mol. The van der Waals surface area contributed by atoms with Crippen LogP contribution in [0.5, 0.6) is 5.88 Å². The van der Waals surface area contributed by atoms with Crippen LogP contribution in [0, 0.1) is 5.82 Å². The fourth-order valence-corrected chi connectivity index (χ4v) is 1.69. The van der Waals surface area contributed by atoms with Crippen LogP contribution in [0.1, 0.15) is 6.42 Å². The number of nitrogens with one attached hydrogen (secondary N) is 2. The summed E-state index contributed by atoms with van der Waals surface area (Å²) < 4.78 is 54.6. The fraction of sp³-hybridized carbons (Fsp3) is 0.300. The van der Waals surface area contributed by atoms with E-state index in [-0.39, 0.29) is 0 Å². The van der Waals surface area contributed by atoms with Gasteiger partial charge in [-0.2, -0.15) is 18.2 Å². The van der Waals surface area contributed by atoms with Gasteiger partial charge in [-0.25, -0.2) is 9.18 Å². The molecule has 21 heavy (non-hydrogen) atoms. The summed E-state index contributed by atoms with van der Waals surface area (Å²) in [5.41, 5.74) is -2.65. The number of halogens is 5. The minimum atomic E-state index is -4.47. The summed E-state index contributed by atoms with van der Waals surface area (Å²) in [5.74, 6) is -1.78. The first kappa shape index (κ1) is 15.3. The lowest BCUT2D eigenvalue weighted by Crippen LogP contribution is -2.24. The summed E-state index contributed by atoms with van der Waals surface area (Å²) in [6, 6.07) is 0. The van der Waals surface area contributed by atoms with Crippen molar-refractivity contribution in [3.63, 3.8) is 0 Å². The number of fused-ring (bicyclic) bond motifs is 1. The van der Waals surface area contributed by atoms with Gasteiger partial charge in [-0.3, -0.25) is 9.78 Å². The maximum absolute atomic E-state index is 13.7. The lowest BCUT2D eigenvalue weighted by Gasteiger charge is -2.10. The van der Waals surface area contributed by atoms with Gasteiger partial charge in [0.2, 0.25) is 5.88 Å². The van der Waals surface area contributed by atoms with Crippen molar-refractivity contribution in [1.82, 2.24) is 15.0 Å². The molecule has 2 aromatic heterocycles. The van der Waals surface area contributed by atoms with E-state index in [1.807, 2.05) is 4.98 Å². The lowest BCUT2D eigenvalue weighted by molar-refractivity contribution is -0.139. The number of aromatic amines is 2. The zero-order chi connectivity index (χ0) is 15.8. The van der Waals surface area contributed by atoms with Crippen LogP contribution in [0.3, 0.4) is 0 Å². The molecule has 0 radical (unpaired) electrons. The third-order valence-electron chi connectivity index (χ3n) is 2.38. The van der Waals surface area contributed by atoms with Crippen LogP contribution >= 0.6 is 11.6 Å². The standard InChI is InChI=1S/C10H6ClF4N3O3/c11-6-4(12)5-3(7(19)18-9(20)16-5)8(17-6)21-2-1-10(13,14)15/h1-2H2,(H2,16,18,19,20). The summed E-state index contributed by atoms with van der Waals surface area (Å²) in [6.45, 7) is -0.841. The van der Waals surface area contributed by atoms with E-state index >= 15 is 0 Å². The Labute approximate surface area is 117 Å². The first-order valence-electron chi connectivity index (χ1n) is 5.40. The van der Waals surface area contributed by atoms with Crippen LogP contribution in [0.4, 0.5) is 17.6 Å². The highest BCUT2D eigenvalue weighted by atomic mass is 35.5. The zero-order valence-corrected chi connectivity index (χ0v) is 10.7. The molecule has 0 bridgehead atoms. The minimum absolute atomic E-state index is 0.529. The van der Waals surface area contributed by atoms with Gasteiger partial charge in [0.15, 0.2) is 11.0 Å². The highest BCUT2D eigenvalue weighted by Gasteiger charge is 2.27. The van der Waals surface area contributed by atoms with Crippen molar-refractivity contribution in [3.8, 4) is 5.88 Å². The number of rotatable bonds is 3. The molecule has 0 unspecified atom stereocenters. The number of pyridine rings is 1. The van der Waals surface area contributed by atoms with Gasteiger partial charge in [0.05, 0.1) is 13.0 Å². The Morgan fingerprint density at radius 2 is 1.90 bits per heavy atom. The molecule has 2 aromatic rings. The number of nitrogens with zero attached hydrogens (tertiary/aromatic N) is 1. The molecule has 114 valence electrons. The molecule has 2 N–H and O–H groups in total. The number of hydrogen-bond donors (Lipinski definition) is 2. The molecule has 0 fully saturated rings. The number of H-pyrrole nitrogens is 2. The number of hydrogen-bond acceptors (Lipinski definition) is 4. The second-order valence-electron chi connectivity index (χ2n) is 3.89. The van der Waals surface area contributed by atoms with Crippen LogP contribution in [-0.2, 0) is 0 Å². The molecule has 11 heteroatoms. The molecule has 0 aromatic carbocycles. The molecule has 0 amide bonds. The topological polar surface area (TPSA) is 87.8 Å². The van der Waals surface area contributed by atoms with E-state index in [4.69, 9.17) is 16.3 Å². The van der Waals surface area contributed by atoms with Gasteiger partial charge in [0.1, 0.15) is 10.9 Å². The highest BCUT2D eigenvalue weighted by molar-refractivity contribution is 6.30. The Kier molecular flexibility index (Phi) is 3.90. The van der Waals surface area contributed by atoms with Crippen LogP contribution in [-0.4, -0.2) is 27.7 Å². The summed E-state index contributed by atoms with van der Waals surface area (Å²) in [6.07, 6.45) is -5.77. The Bertz CT molecular complexity index is 799. The molecule has 0 spiro atoms. The van der Waals surface area contributed by atoms with Crippen molar-refractivity contribution in [3.05, 3.63) is 31.8 Å². The van der Waals surface area contributed by atoms with E-state index < -0.39 is 58.2 Å². The quantitative estimate of drug-likeness (QED) is 0.664. The SMILES string of the molecule is O=c1[nH]c(=O)c2c(OCCC(F)(F)F)nc(Cl)c(F)c2[nH]1. The van der Waals surface area contributed by atoms with E-state index in [9.17, 15) is 27.2 Å². The summed E-state index contributed by atoms with van der Waals surface area (Å²) >= 11 is 5.44. The molecular formula is C10H6ClF4N3O3. The maximum Gasteiger partial charge on any atom is 0.392 e. The molecule has 0 aliphatic carbocycles. The fourth-order valence-electron chi connectivity index (χ4n) is 1.52. The molecule has 0 aliphatic heterocycles. The molecule has 0 saturated carbocycles. The van der Waals surface area contributed by atoms with E-state index in [2.05, 4.69) is 4.98 Å². The van der Waals surface area contributed by atoms with Crippen molar-refractivity contribution in [2.45, 2.75) is 12.6 Å². The highest BCUT2D eigenvalue weighted by Crippen LogP contribution is 2.26. The number of aromatic nitrogens is 3. The van der Waals surface area contributed by atoms with Crippen molar-refractivity contribution in [2.75, 3.05) is 6.61 Å². The first-order chi connectivity index (χ1) is 9.69. The summed E-state index contributed by atoms with van der Waals surface area (Å²) in [7, 11) is 0. The van der Waals surface area contributed by atoms with Crippen molar-refractivity contribution in [2.24, 2.45) is 0 Å². The van der Waals surface area contributed by atoms with E-state index in [0.717, 1.165) is 0 Å². The van der Waals surface area contributed by atoms with Gasteiger partial charge < -0.3 is 9.72 Å². The molecular weight excluding hydrogens is 322 g/mol. The van der Waals surface area contributed by atoms with Gasteiger partial charge in [-0.15, -0.1) is 0 Å². The summed E-state index contributed by atoms with van der Waals surface area (Å²) in [5, 5.41) is -1.27. The second kappa shape index (κ2) is 5.35. The average Bonchev–Trinajstić information content (AvgIpc) is 2.33. The Morgan fingerprint density at radius 3 is 2.52 bits per heavy atom. The normalized spacial score (nSPS) is 11.9.